The molecule has 0 saturated carbocycles. The Morgan fingerprint density at radius 1 is 1.21 bits per heavy atom. The van der Waals surface area contributed by atoms with Gasteiger partial charge in [-0.1, -0.05) is 35.5 Å². The molecule has 0 spiro atoms. The highest BCUT2D eigenvalue weighted by Crippen LogP contribution is 2.33. The van der Waals surface area contributed by atoms with Gasteiger partial charge in [-0.15, -0.1) is 0 Å². The summed E-state index contributed by atoms with van der Waals surface area (Å²) < 4.78 is 5.39. The fourth-order valence-electron chi connectivity index (χ4n) is 3.24. The zero-order valence-corrected chi connectivity index (χ0v) is 18.5. The van der Waals surface area contributed by atoms with Crippen LogP contribution in [0.1, 0.15) is 17.7 Å². The highest BCUT2D eigenvalue weighted by molar-refractivity contribution is 8.15. The number of amides is 2. The van der Waals surface area contributed by atoms with Crippen molar-refractivity contribution in [1.82, 2.24) is 4.90 Å². The number of nitro groups is 1. The van der Waals surface area contributed by atoms with Crippen LogP contribution in [0.5, 0.6) is 0 Å². The Labute approximate surface area is 193 Å². The second-order valence-corrected chi connectivity index (χ2v) is 8.57. The summed E-state index contributed by atoms with van der Waals surface area (Å²) in [5.74, 6) is -0.0745. The molecule has 168 valence electrons. The van der Waals surface area contributed by atoms with Crippen molar-refractivity contribution in [3.63, 3.8) is 0 Å². The van der Waals surface area contributed by atoms with E-state index in [4.69, 9.17) is 4.42 Å². The Morgan fingerprint density at radius 2 is 2.00 bits per heavy atom. The Balaban J connectivity index is 1.51. The molecule has 2 aromatic carbocycles. The minimum absolute atomic E-state index is 0.103. The molecule has 9 nitrogen and oxygen atoms in total. The van der Waals surface area contributed by atoms with E-state index in [0.717, 1.165) is 5.56 Å². The molecule has 4 rings (SSSR count). The van der Waals surface area contributed by atoms with E-state index in [1.165, 1.54) is 41.1 Å². The molecule has 1 aliphatic heterocycles. The van der Waals surface area contributed by atoms with Crippen LogP contribution in [0.2, 0.25) is 0 Å². The molecule has 3 aromatic rings. The number of benzene rings is 2. The first-order valence-corrected chi connectivity index (χ1v) is 11.0. The number of hydrogen-bond donors (Lipinski definition) is 1. The van der Waals surface area contributed by atoms with Gasteiger partial charge in [-0.25, -0.2) is 4.99 Å². The molecule has 1 atom stereocenters. The van der Waals surface area contributed by atoms with E-state index in [1.54, 1.807) is 18.2 Å². The minimum Gasteiger partial charge on any atom is -0.467 e. The lowest BCUT2D eigenvalue weighted by Gasteiger charge is -2.15. The molecular formula is C23H20N4O5S. The van der Waals surface area contributed by atoms with Gasteiger partial charge in [-0.05, 0) is 37.3 Å². The van der Waals surface area contributed by atoms with Gasteiger partial charge < -0.3 is 9.73 Å². The highest BCUT2D eigenvalue weighted by atomic mass is 32.2. The van der Waals surface area contributed by atoms with Crippen LogP contribution in [0.25, 0.3) is 0 Å². The number of non-ortho nitro benzene ring substituents is 1. The first-order chi connectivity index (χ1) is 15.9. The minimum atomic E-state index is -0.678. The third-order valence-corrected chi connectivity index (χ3v) is 6.06. The molecule has 2 heterocycles. The van der Waals surface area contributed by atoms with Crippen LogP contribution >= 0.6 is 11.8 Å². The third-order valence-electron chi connectivity index (χ3n) is 4.88. The summed E-state index contributed by atoms with van der Waals surface area (Å²) in [5, 5.41) is 13.4. The molecule has 1 aliphatic rings. The van der Waals surface area contributed by atoms with Crippen LogP contribution in [0.4, 0.5) is 17.1 Å². The number of furan rings is 1. The summed E-state index contributed by atoms with van der Waals surface area (Å²) in [6, 6.07) is 16.8. The number of rotatable bonds is 7. The van der Waals surface area contributed by atoms with Crippen LogP contribution in [0.3, 0.4) is 0 Å². The molecule has 1 N–H and O–H groups in total. The predicted octanol–water partition coefficient (Wildman–Crippen LogP) is 4.66. The van der Waals surface area contributed by atoms with E-state index in [-0.39, 0.29) is 24.6 Å². The van der Waals surface area contributed by atoms with Gasteiger partial charge in [0.25, 0.3) is 5.69 Å². The molecule has 2 amide bonds. The van der Waals surface area contributed by atoms with Crippen molar-refractivity contribution in [2.45, 2.75) is 25.1 Å². The normalized spacial score (nSPS) is 16.9. The zero-order valence-electron chi connectivity index (χ0n) is 17.6. The van der Waals surface area contributed by atoms with E-state index in [1.807, 2.05) is 31.2 Å². The van der Waals surface area contributed by atoms with Crippen molar-refractivity contribution in [2.24, 2.45) is 4.99 Å². The van der Waals surface area contributed by atoms with Gasteiger partial charge in [0, 0.05) is 24.2 Å². The first-order valence-electron chi connectivity index (χ1n) is 10.1. The van der Waals surface area contributed by atoms with Crippen LogP contribution in [-0.4, -0.2) is 32.1 Å². The molecule has 0 aliphatic carbocycles. The van der Waals surface area contributed by atoms with Gasteiger partial charge in [0.05, 0.1) is 23.4 Å². The second kappa shape index (κ2) is 9.70. The summed E-state index contributed by atoms with van der Waals surface area (Å²) in [6.45, 7) is 2.18. The van der Waals surface area contributed by atoms with E-state index < -0.39 is 16.1 Å². The summed E-state index contributed by atoms with van der Waals surface area (Å²) >= 11 is 1.21. The number of carbonyl (C=O) groups excluding carboxylic acids is 2. The lowest BCUT2D eigenvalue weighted by atomic mass is 10.2. The first kappa shape index (κ1) is 22.3. The Morgan fingerprint density at radius 3 is 2.70 bits per heavy atom. The summed E-state index contributed by atoms with van der Waals surface area (Å²) in [5.41, 5.74) is 1.96. The summed E-state index contributed by atoms with van der Waals surface area (Å²) in [4.78, 5) is 42.3. The molecule has 0 bridgehead atoms. The molecular weight excluding hydrogens is 444 g/mol. The van der Waals surface area contributed by atoms with E-state index in [9.17, 15) is 19.7 Å². The lowest BCUT2D eigenvalue weighted by molar-refractivity contribution is -0.384. The number of carbonyl (C=O) groups is 2. The summed E-state index contributed by atoms with van der Waals surface area (Å²) in [6.07, 6.45) is 1.43. The fraction of sp³-hybridized carbons (Fsp3) is 0.174. The molecule has 0 radical (unpaired) electrons. The Hall–Kier alpha value is -3.92. The van der Waals surface area contributed by atoms with Crippen molar-refractivity contribution >= 4 is 45.8 Å². The van der Waals surface area contributed by atoms with Gasteiger partial charge in [-0.3, -0.25) is 24.6 Å². The van der Waals surface area contributed by atoms with Crippen molar-refractivity contribution in [1.29, 1.82) is 0 Å². The lowest BCUT2D eigenvalue weighted by Crippen LogP contribution is -2.33. The number of hydrogen-bond acceptors (Lipinski definition) is 7. The largest absolute Gasteiger partial charge is 0.467 e. The van der Waals surface area contributed by atoms with Gasteiger partial charge in [0.2, 0.25) is 11.8 Å². The Bertz CT molecular complexity index is 1210. The van der Waals surface area contributed by atoms with E-state index >= 15 is 0 Å². The SMILES string of the molecule is Cc1ccc(N=C2SC(CC(=O)Nc3cccc([N+](=O)[O-])c3)C(=O)N2Cc2ccco2)cc1. The number of nitro benzene ring substituents is 1. The van der Waals surface area contributed by atoms with E-state index in [2.05, 4.69) is 10.3 Å². The molecule has 1 fully saturated rings. The average molecular weight is 465 g/mol. The highest BCUT2D eigenvalue weighted by Gasteiger charge is 2.39. The van der Waals surface area contributed by atoms with Crippen molar-refractivity contribution in [3.8, 4) is 0 Å². The van der Waals surface area contributed by atoms with Crippen molar-refractivity contribution in [3.05, 3.63) is 88.4 Å². The van der Waals surface area contributed by atoms with Gasteiger partial charge in [-0.2, -0.15) is 0 Å². The van der Waals surface area contributed by atoms with Gasteiger partial charge in [0.1, 0.15) is 11.0 Å². The number of amidine groups is 1. The average Bonchev–Trinajstić information content (AvgIpc) is 3.40. The maximum Gasteiger partial charge on any atom is 0.271 e. The standard InChI is InChI=1S/C23H20N4O5S/c1-15-7-9-16(10-8-15)25-23-26(14-19-6-3-11-32-19)22(29)20(33-23)13-21(28)24-17-4-2-5-18(12-17)27(30)31/h2-12,20H,13-14H2,1H3,(H,24,28). The number of nitrogens with zero attached hydrogens (tertiary/aromatic N) is 3. The maximum atomic E-state index is 13.1. The fourth-order valence-corrected chi connectivity index (χ4v) is 4.39. The monoisotopic (exact) mass is 464 g/mol. The third kappa shape index (κ3) is 5.47. The summed E-state index contributed by atoms with van der Waals surface area (Å²) in [7, 11) is 0. The topological polar surface area (TPSA) is 118 Å². The van der Waals surface area contributed by atoms with E-state index in [0.29, 0.717) is 22.3 Å². The van der Waals surface area contributed by atoms with Crippen LogP contribution in [-0.2, 0) is 16.1 Å². The molecule has 1 aromatic heterocycles. The second-order valence-electron chi connectivity index (χ2n) is 7.40. The van der Waals surface area contributed by atoms with Gasteiger partial charge >= 0.3 is 0 Å². The number of thioether (sulfide) groups is 1. The molecule has 1 unspecified atom stereocenters. The molecule has 1 saturated heterocycles. The molecule has 33 heavy (non-hydrogen) atoms. The Kier molecular flexibility index (Phi) is 6.55. The van der Waals surface area contributed by atoms with Crippen LogP contribution in [0.15, 0.2) is 76.3 Å². The number of aliphatic imine (C=N–C) groups is 1. The van der Waals surface area contributed by atoms with Gasteiger partial charge in [0.15, 0.2) is 5.17 Å². The quantitative estimate of drug-likeness (QED) is 0.401. The van der Waals surface area contributed by atoms with Crippen molar-refractivity contribution in [2.75, 3.05) is 5.32 Å². The van der Waals surface area contributed by atoms with Crippen LogP contribution < -0.4 is 5.32 Å². The maximum absolute atomic E-state index is 13.1. The van der Waals surface area contributed by atoms with Crippen molar-refractivity contribution < 1.29 is 18.9 Å². The van der Waals surface area contributed by atoms with Crippen LogP contribution in [0, 0.1) is 17.0 Å². The molecule has 10 heteroatoms. The number of anilines is 1. The predicted molar refractivity (Wildman–Crippen MR) is 125 cm³/mol. The zero-order chi connectivity index (χ0) is 23.4. The smallest absolute Gasteiger partial charge is 0.271 e. The number of aryl methyl sites for hydroxylation is 1. The number of nitrogens with one attached hydrogen (secondary N) is 1.